The van der Waals surface area contributed by atoms with Gasteiger partial charge in [0, 0.05) is 6.04 Å². The van der Waals surface area contributed by atoms with Crippen LogP contribution in [0.5, 0.6) is 0 Å². The number of hydrogen-bond donors (Lipinski definition) is 2. The number of amides is 1. The van der Waals surface area contributed by atoms with Gasteiger partial charge in [-0.25, -0.2) is 0 Å². The first-order chi connectivity index (χ1) is 9.09. The normalized spacial score (nSPS) is 29.1. The molecule has 2 N–H and O–H groups in total. The molecule has 4 heteroatoms. The number of allylic oxidation sites excluding steroid dienone is 2. The van der Waals surface area contributed by atoms with Gasteiger partial charge in [-0.15, -0.1) is 0 Å². The number of hydrogen-bond acceptors (Lipinski definition) is 2. The molecule has 1 saturated carbocycles. The number of rotatable bonds is 4. The van der Waals surface area contributed by atoms with Crippen LogP contribution in [0.25, 0.3) is 0 Å². The highest BCUT2D eigenvalue weighted by atomic mass is 16.4. The zero-order valence-electron chi connectivity index (χ0n) is 11.5. The molecule has 4 nitrogen and oxygen atoms in total. The molecule has 0 heterocycles. The second-order valence-electron chi connectivity index (χ2n) is 5.84. The Balaban J connectivity index is 1.94. The third-order valence-corrected chi connectivity index (χ3v) is 4.56. The summed E-state index contributed by atoms with van der Waals surface area (Å²) >= 11 is 0. The maximum Gasteiger partial charge on any atom is 0.307 e. The molecular weight excluding hydrogens is 242 g/mol. The van der Waals surface area contributed by atoms with Gasteiger partial charge in [0.1, 0.15) is 0 Å². The molecule has 0 aromatic rings. The topological polar surface area (TPSA) is 66.4 Å². The van der Waals surface area contributed by atoms with Gasteiger partial charge >= 0.3 is 5.97 Å². The van der Waals surface area contributed by atoms with E-state index in [0.717, 1.165) is 0 Å². The average Bonchev–Trinajstić information content (AvgIpc) is 2.92. The first kappa shape index (κ1) is 14.1. The van der Waals surface area contributed by atoms with Gasteiger partial charge in [-0.1, -0.05) is 25.0 Å². The number of carboxylic acid groups (broad SMARTS) is 1. The molecule has 2 aliphatic rings. The number of nitrogens with one attached hydrogen (secondary N) is 1. The van der Waals surface area contributed by atoms with E-state index < -0.39 is 17.8 Å². The Kier molecular flexibility index (Phi) is 4.61. The van der Waals surface area contributed by atoms with Crippen LogP contribution >= 0.6 is 0 Å². The minimum absolute atomic E-state index is 0.0869. The van der Waals surface area contributed by atoms with E-state index in [4.69, 9.17) is 0 Å². The number of carboxylic acids is 1. The Morgan fingerprint density at radius 1 is 1.16 bits per heavy atom. The zero-order chi connectivity index (χ0) is 13.8. The fourth-order valence-electron chi connectivity index (χ4n) is 3.28. The molecule has 2 aliphatic carbocycles. The minimum Gasteiger partial charge on any atom is -0.481 e. The maximum absolute atomic E-state index is 12.3. The van der Waals surface area contributed by atoms with Crippen molar-refractivity contribution in [3.8, 4) is 0 Å². The van der Waals surface area contributed by atoms with Crippen molar-refractivity contribution in [1.29, 1.82) is 0 Å². The summed E-state index contributed by atoms with van der Waals surface area (Å²) < 4.78 is 0. The fourth-order valence-corrected chi connectivity index (χ4v) is 3.28. The van der Waals surface area contributed by atoms with Crippen LogP contribution in [0.3, 0.4) is 0 Å². The summed E-state index contributed by atoms with van der Waals surface area (Å²) in [5.74, 6) is -1.37. The van der Waals surface area contributed by atoms with Gasteiger partial charge in [-0.3, -0.25) is 9.59 Å². The SMILES string of the molecule is CC(NC(=O)C1CC=CCC1C(=O)O)C1CCCC1. The molecule has 0 radical (unpaired) electrons. The van der Waals surface area contributed by atoms with Gasteiger partial charge in [0.2, 0.25) is 5.91 Å². The molecular formula is C15H23NO3. The highest BCUT2D eigenvalue weighted by Crippen LogP contribution is 2.29. The molecule has 1 amide bonds. The van der Waals surface area contributed by atoms with Gasteiger partial charge in [0.15, 0.2) is 0 Å². The predicted octanol–water partition coefficient (Wildman–Crippen LogP) is 2.35. The molecule has 0 spiro atoms. The van der Waals surface area contributed by atoms with E-state index in [2.05, 4.69) is 5.32 Å². The Labute approximate surface area is 114 Å². The molecule has 0 saturated heterocycles. The van der Waals surface area contributed by atoms with Gasteiger partial charge in [0.25, 0.3) is 0 Å². The van der Waals surface area contributed by atoms with Crippen LogP contribution in [0.15, 0.2) is 12.2 Å². The molecule has 0 bridgehead atoms. The summed E-state index contributed by atoms with van der Waals surface area (Å²) in [7, 11) is 0. The van der Waals surface area contributed by atoms with Gasteiger partial charge in [0.05, 0.1) is 11.8 Å². The first-order valence-corrected chi connectivity index (χ1v) is 7.27. The largest absolute Gasteiger partial charge is 0.481 e. The van der Waals surface area contributed by atoms with Crippen molar-refractivity contribution in [2.24, 2.45) is 17.8 Å². The molecule has 0 aromatic heterocycles. The van der Waals surface area contributed by atoms with Crippen LogP contribution in [0.1, 0.15) is 45.4 Å². The molecule has 1 fully saturated rings. The van der Waals surface area contributed by atoms with Crippen molar-refractivity contribution >= 4 is 11.9 Å². The van der Waals surface area contributed by atoms with E-state index in [9.17, 15) is 14.7 Å². The molecule has 2 rings (SSSR count). The zero-order valence-corrected chi connectivity index (χ0v) is 11.5. The number of carbonyl (C=O) groups excluding carboxylic acids is 1. The predicted molar refractivity (Wildman–Crippen MR) is 72.6 cm³/mol. The molecule has 3 unspecified atom stereocenters. The Morgan fingerprint density at radius 2 is 1.74 bits per heavy atom. The summed E-state index contributed by atoms with van der Waals surface area (Å²) in [6.45, 7) is 2.04. The maximum atomic E-state index is 12.3. The first-order valence-electron chi connectivity index (χ1n) is 7.27. The van der Waals surface area contributed by atoms with Gasteiger partial charge in [-0.2, -0.15) is 0 Å². The highest BCUT2D eigenvalue weighted by molar-refractivity contribution is 5.85. The Hall–Kier alpha value is -1.32. The third kappa shape index (κ3) is 3.37. The van der Waals surface area contributed by atoms with E-state index in [-0.39, 0.29) is 11.9 Å². The lowest BCUT2D eigenvalue weighted by Gasteiger charge is -2.27. The van der Waals surface area contributed by atoms with E-state index >= 15 is 0 Å². The Morgan fingerprint density at radius 3 is 2.32 bits per heavy atom. The molecule has 3 atom stereocenters. The monoisotopic (exact) mass is 265 g/mol. The standard InChI is InChI=1S/C15H23NO3/c1-10(11-6-2-3-7-11)16-14(17)12-8-4-5-9-13(12)15(18)19/h4-5,10-13H,2-3,6-9H2,1H3,(H,16,17)(H,18,19). The lowest BCUT2D eigenvalue weighted by Crippen LogP contribution is -2.44. The highest BCUT2D eigenvalue weighted by Gasteiger charge is 2.35. The van der Waals surface area contributed by atoms with Crippen molar-refractivity contribution in [3.05, 3.63) is 12.2 Å². The second kappa shape index (κ2) is 6.22. The quantitative estimate of drug-likeness (QED) is 0.767. The van der Waals surface area contributed by atoms with Crippen molar-refractivity contribution in [2.75, 3.05) is 0 Å². The summed E-state index contributed by atoms with van der Waals surface area (Å²) in [6, 6.07) is 0.162. The number of carbonyl (C=O) groups is 2. The summed E-state index contributed by atoms with van der Waals surface area (Å²) in [6.07, 6.45) is 9.63. The van der Waals surface area contributed by atoms with Crippen LogP contribution in [0, 0.1) is 17.8 Å². The smallest absolute Gasteiger partial charge is 0.307 e. The van der Waals surface area contributed by atoms with E-state index in [0.29, 0.717) is 18.8 Å². The minimum atomic E-state index is -0.863. The average molecular weight is 265 g/mol. The fraction of sp³-hybridized carbons (Fsp3) is 0.733. The Bertz CT molecular complexity index is 372. The molecule has 0 aromatic carbocycles. The third-order valence-electron chi connectivity index (χ3n) is 4.56. The van der Waals surface area contributed by atoms with Crippen LogP contribution in [-0.4, -0.2) is 23.0 Å². The summed E-state index contributed by atoms with van der Waals surface area (Å²) in [5, 5.41) is 12.2. The molecule has 106 valence electrons. The lowest BCUT2D eigenvalue weighted by atomic mass is 9.82. The van der Waals surface area contributed by atoms with Crippen molar-refractivity contribution in [3.63, 3.8) is 0 Å². The second-order valence-corrected chi connectivity index (χ2v) is 5.84. The van der Waals surface area contributed by atoms with E-state index in [1.807, 2.05) is 19.1 Å². The van der Waals surface area contributed by atoms with Crippen molar-refractivity contribution in [2.45, 2.75) is 51.5 Å². The lowest BCUT2D eigenvalue weighted by molar-refractivity contribution is -0.147. The van der Waals surface area contributed by atoms with Gasteiger partial charge in [-0.05, 0) is 38.5 Å². The van der Waals surface area contributed by atoms with Crippen LogP contribution in [0.2, 0.25) is 0 Å². The number of aliphatic carboxylic acids is 1. The van der Waals surface area contributed by atoms with E-state index in [1.54, 1.807) is 0 Å². The molecule has 19 heavy (non-hydrogen) atoms. The van der Waals surface area contributed by atoms with Crippen LogP contribution < -0.4 is 5.32 Å². The van der Waals surface area contributed by atoms with Crippen molar-refractivity contribution in [1.82, 2.24) is 5.32 Å². The van der Waals surface area contributed by atoms with Crippen LogP contribution in [0.4, 0.5) is 0 Å². The van der Waals surface area contributed by atoms with E-state index in [1.165, 1.54) is 25.7 Å². The van der Waals surface area contributed by atoms with Crippen molar-refractivity contribution < 1.29 is 14.7 Å². The van der Waals surface area contributed by atoms with Gasteiger partial charge < -0.3 is 10.4 Å². The summed E-state index contributed by atoms with van der Waals surface area (Å²) in [4.78, 5) is 23.5. The van der Waals surface area contributed by atoms with Crippen LogP contribution in [-0.2, 0) is 9.59 Å². The molecule has 0 aliphatic heterocycles. The summed E-state index contributed by atoms with van der Waals surface area (Å²) in [5.41, 5.74) is 0.